The molecule has 0 aliphatic heterocycles. The van der Waals surface area contributed by atoms with E-state index < -0.39 is 0 Å². The summed E-state index contributed by atoms with van der Waals surface area (Å²) in [4.78, 5) is 24.7. The molecule has 3 aromatic carbocycles. The molecule has 2 aromatic heterocycles. The number of carbonyl (C=O) groups excluding carboxylic acids is 1. The van der Waals surface area contributed by atoms with E-state index in [9.17, 15) is 4.79 Å². The molecule has 33 heavy (non-hydrogen) atoms. The van der Waals surface area contributed by atoms with Gasteiger partial charge in [-0.2, -0.15) is 0 Å². The van der Waals surface area contributed by atoms with E-state index in [4.69, 9.17) is 9.72 Å². The van der Waals surface area contributed by atoms with E-state index in [1.165, 1.54) is 11.3 Å². The Labute approximate surface area is 203 Å². The molecule has 0 atom stereocenters. The van der Waals surface area contributed by atoms with Crippen molar-refractivity contribution in [2.45, 2.75) is 6.54 Å². The predicted octanol–water partition coefficient (Wildman–Crippen LogP) is 7.09. The Balaban J connectivity index is 1.56. The van der Waals surface area contributed by atoms with E-state index in [-0.39, 0.29) is 5.91 Å². The van der Waals surface area contributed by atoms with Crippen LogP contribution >= 0.6 is 27.3 Å². The summed E-state index contributed by atoms with van der Waals surface area (Å²) in [5.41, 5.74) is 2.07. The second kappa shape index (κ2) is 9.52. The van der Waals surface area contributed by atoms with Crippen LogP contribution in [0.5, 0.6) is 11.5 Å². The number of hydrogen-bond acceptors (Lipinski definition) is 5. The number of carbonyl (C=O) groups is 1. The van der Waals surface area contributed by atoms with E-state index >= 15 is 0 Å². The van der Waals surface area contributed by atoms with Crippen LogP contribution in [0.4, 0.5) is 5.13 Å². The molecule has 0 saturated heterocycles. The van der Waals surface area contributed by atoms with Gasteiger partial charge in [-0.25, -0.2) is 4.98 Å². The Hall–Kier alpha value is -3.55. The quantitative estimate of drug-likeness (QED) is 0.242. The molecule has 0 radical (unpaired) electrons. The Kier molecular flexibility index (Phi) is 6.15. The van der Waals surface area contributed by atoms with Crippen molar-refractivity contribution in [1.29, 1.82) is 0 Å². The van der Waals surface area contributed by atoms with Crippen LogP contribution in [-0.2, 0) is 6.54 Å². The molecule has 2 heterocycles. The van der Waals surface area contributed by atoms with Crippen LogP contribution in [0, 0.1) is 0 Å². The zero-order valence-electron chi connectivity index (χ0n) is 17.4. The van der Waals surface area contributed by atoms with Gasteiger partial charge in [-0.3, -0.25) is 14.7 Å². The average molecular weight is 516 g/mol. The molecule has 162 valence electrons. The zero-order chi connectivity index (χ0) is 22.6. The summed E-state index contributed by atoms with van der Waals surface area (Å²) < 4.78 is 8.01. The largest absolute Gasteiger partial charge is 0.457 e. The molecule has 0 aliphatic rings. The maximum absolute atomic E-state index is 13.9. The summed E-state index contributed by atoms with van der Waals surface area (Å²) in [6.45, 7) is 0.292. The van der Waals surface area contributed by atoms with Crippen molar-refractivity contribution in [3.63, 3.8) is 0 Å². The molecular formula is C26H18BrN3O2S. The van der Waals surface area contributed by atoms with Gasteiger partial charge in [0.15, 0.2) is 5.13 Å². The molecule has 5 aromatic rings. The van der Waals surface area contributed by atoms with Crippen LogP contribution in [0.25, 0.3) is 10.2 Å². The number of anilines is 1. The van der Waals surface area contributed by atoms with Crippen LogP contribution in [0.2, 0.25) is 0 Å². The first-order valence-corrected chi connectivity index (χ1v) is 11.9. The molecular weight excluding hydrogens is 498 g/mol. The number of pyridine rings is 1. The number of fused-ring (bicyclic) bond motifs is 1. The average Bonchev–Trinajstić information content (AvgIpc) is 3.27. The molecule has 0 spiro atoms. The third-order valence-corrected chi connectivity index (χ3v) is 6.48. The third kappa shape index (κ3) is 4.79. The summed E-state index contributed by atoms with van der Waals surface area (Å²) >= 11 is 4.98. The summed E-state index contributed by atoms with van der Waals surface area (Å²) in [6, 6.07) is 28.2. The molecule has 0 fully saturated rings. The minimum atomic E-state index is -0.203. The molecule has 0 unspecified atom stereocenters. The molecule has 0 aliphatic carbocycles. The van der Waals surface area contributed by atoms with Gasteiger partial charge in [0, 0.05) is 10.7 Å². The number of aromatic nitrogens is 2. The number of halogens is 1. The minimum absolute atomic E-state index is 0.203. The fourth-order valence-corrected chi connectivity index (χ4v) is 4.89. The van der Waals surface area contributed by atoms with Gasteiger partial charge in [-0.05, 0) is 54.6 Å². The maximum Gasteiger partial charge on any atom is 0.264 e. The second-order valence-electron chi connectivity index (χ2n) is 7.23. The van der Waals surface area contributed by atoms with E-state index in [1.807, 2.05) is 78.9 Å². The monoisotopic (exact) mass is 515 g/mol. The number of benzene rings is 3. The Morgan fingerprint density at radius 1 is 0.939 bits per heavy atom. The fourth-order valence-electron chi connectivity index (χ4n) is 3.37. The van der Waals surface area contributed by atoms with Crippen LogP contribution in [0.1, 0.15) is 16.1 Å². The number of ether oxygens (including phenoxy) is 1. The summed E-state index contributed by atoms with van der Waals surface area (Å²) in [5, 5.41) is 0.605. The summed E-state index contributed by atoms with van der Waals surface area (Å²) in [5.74, 6) is 0.952. The predicted molar refractivity (Wildman–Crippen MR) is 135 cm³/mol. The van der Waals surface area contributed by atoms with Crippen LogP contribution in [0.15, 0.2) is 102 Å². The van der Waals surface area contributed by atoms with E-state index in [0.29, 0.717) is 28.7 Å². The lowest BCUT2D eigenvalue weighted by atomic mass is 10.1. The van der Waals surface area contributed by atoms with Crippen molar-refractivity contribution in [3.8, 4) is 11.5 Å². The molecule has 5 rings (SSSR count). The van der Waals surface area contributed by atoms with Crippen molar-refractivity contribution >= 4 is 48.5 Å². The lowest BCUT2D eigenvalue weighted by Crippen LogP contribution is -2.31. The molecule has 0 bridgehead atoms. The second-order valence-corrected chi connectivity index (χ2v) is 9.16. The lowest BCUT2D eigenvalue weighted by molar-refractivity contribution is 0.0982. The highest BCUT2D eigenvalue weighted by Gasteiger charge is 2.25. The highest BCUT2D eigenvalue weighted by atomic mass is 79.9. The lowest BCUT2D eigenvalue weighted by Gasteiger charge is -2.21. The smallest absolute Gasteiger partial charge is 0.264 e. The van der Waals surface area contributed by atoms with Crippen molar-refractivity contribution < 1.29 is 9.53 Å². The van der Waals surface area contributed by atoms with Gasteiger partial charge in [-0.1, -0.05) is 63.7 Å². The maximum atomic E-state index is 13.9. The van der Waals surface area contributed by atoms with Gasteiger partial charge >= 0.3 is 0 Å². The SMILES string of the molecule is O=C(c1ccccc1Oc1ccccc1)N(Cc1ccccn1)c1nc2ccc(Br)cc2s1. The van der Waals surface area contributed by atoms with Crippen LogP contribution in [-0.4, -0.2) is 15.9 Å². The number of nitrogens with zero attached hydrogens (tertiary/aromatic N) is 3. The minimum Gasteiger partial charge on any atom is -0.457 e. The highest BCUT2D eigenvalue weighted by Crippen LogP contribution is 2.34. The van der Waals surface area contributed by atoms with E-state index in [0.717, 1.165) is 20.4 Å². The standard InChI is InChI=1S/C26H18BrN3O2S/c27-18-13-14-22-24(16-18)33-26(29-22)30(17-19-8-6-7-15-28-19)25(31)21-11-4-5-12-23(21)32-20-9-2-1-3-10-20/h1-16H,17H2. The number of amides is 1. The van der Waals surface area contributed by atoms with Gasteiger partial charge in [0.25, 0.3) is 5.91 Å². The van der Waals surface area contributed by atoms with Gasteiger partial charge in [0.05, 0.1) is 28.0 Å². The molecule has 0 saturated carbocycles. The number of thiazole rings is 1. The third-order valence-electron chi connectivity index (χ3n) is 4.95. The first kappa shape index (κ1) is 21.3. The Morgan fingerprint density at radius 2 is 1.73 bits per heavy atom. The molecule has 0 N–H and O–H groups in total. The zero-order valence-corrected chi connectivity index (χ0v) is 19.8. The van der Waals surface area contributed by atoms with Crippen molar-refractivity contribution in [3.05, 3.63) is 113 Å². The van der Waals surface area contributed by atoms with Gasteiger partial charge in [-0.15, -0.1) is 0 Å². The molecule has 5 nitrogen and oxygen atoms in total. The van der Waals surface area contributed by atoms with E-state index in [1.54, 1.807) is 23.2 Å². The number of rotatable bonds is 6. The van der Waals surface area contributed by atoms with Crippen molar-refractivity contribution in [2.24, 2.45) is 0 Å². The topological polar surface area (TPSA) is 55.3 Å². The molecule has 7 heteroatoms. The number of hydrogen-bond donors (Lipinski definition) is 0. The van der Waals surface area contributed by atoms with Crippen LogP contribution < -0.4 is 9.64 Å². The Morgan fingerprint density at radius 3 is 2.55 bits per heavy atom. The number of para-hydroxylation sites is 2. The fraction of sp³-hybridized carbons (Fsp3) is 0.0385. The molecule has 1 amide bonds. The van der Waals surface area contributed by atoms with Gasteiger partial charge in [0.2, 0.25) is 0 Å². The highest BCUT2D eigenvalue weighted by molar-refractivity contribution is 9.10. The van der Waals surface area contributed by atoms with Gasteiger partial charge < -0.3 is 4.74 Å². The first-order chi connectivity index (χ1) is 16.2. The van der Waals surface area contributed by atoms with Crippen molar-refractivity contribution in [2.75, 3.05) is 4.90 Å². The summed E-state index contributed by atoms with van der Waals surface area (Å²) in [7, 11) is 0. The van der Waals surface area contributed by atoms with Gasteiger partial charge in [0.1, 0.15) is 11.5 Å². The van der Waals surface area contributed by atoms with Crippen LogP contribution in [0.3, 0.4) is 0 Å². The first-order valence-electron chi connectivity index (χ1n) is 10.3. The van der Waals surface area contributed by atoms with E-state index in [2.05, 4.69) is 20.9 Å². The summed E-state index contributed by atoms with van der Waals surface area (Å²) in [6.07, 6.45) is 1.72. The Bertz CT molecular complexity index is 1410. The van der Waals surface area contributed by atoms with Crippen molar-refractivity contribution in [1.82, 2.24) is 9.97 Å². The normalized spacial score (nSPS) is 10.8.